The number of pyridine rings is 1. The summed E-state index contributed by atoms with van der Waals surface area (Å²) in [4.78, 5) is 16.9. The van der Waals surface area contributed by atoms with Crippen LogP contribution in [0.25, 0.3) is 16.9 Å². The molecule has 0 spiro atoms. The predicted molar refractivity (Wildman–Crippen MR) is 109 cm³/mol. The molecule has 0 saturated heterocycles. The van der Waals surface area contributed by atoms with Crippen LogP contribution in [0.4, 0.5) is 4.39 Å². The van der Waals surface area contributed by atoms with E-state index in [1.54, 1.807) is 59.5 Å². The summed E-state index contributed by atoms with van der Waals surface area (Å²) in [6.07, 6.45) is 3.37. The highest BCUT2D eigenvalue weighted by Crippen LogP contribution is 2.23. The molecule has 5 nitrogen and oxygen atoms in total. The molecule has 4 aromatic rings. The predicted octanol–water partition coefficient (Wildman–Crippen LogP) is 4.66. The van der Waals surface area contributed by atoms with Crippen LogP contribution in [-0.2, 0) is 6.54 Å². The second kappa shape index (κ2) is 8.24. The molecule has 29 heavy (non-hydrogen) atoms. The normalized spacial score (nSPS) is 10.7. The van der Waals surface area contributed by atoms with Gasteiger partial charge in [-0.15, -0.1) is 0 Å². The number of benzene rings is 2. The number of aromatic nitrogens is 3. The number of nitrogens with one attached hydrogen (secondary N) is 1. The zero-order valence-electron chi connectivity index (χ0n) is 15.2. The molecule has 144 valence electrons. The van der Waals surface area contributed by atoms with Gasteiger partial charge in [0, 0.05) is 29.5 Å². The van der Waals surface area contributed by atoms with Crippen molar-refractivity contribution in [2.75, 3.05) is 0 Å². The van der Waals surface area contributed by atoms with Gasteiger partial charge in [-0.3, -0.25) is 9.78 Å². The Morgan fingerprint density at radius 1 is 1.07 bits per heavy atom. The molecular weight excluding hydrogens is 391 g/mol. The second-order valence-electron chi connectivity index (χ2n) is 6.35. The van der Waals surface area contributed by atoms with Gasteiger partial charge in [0.1, 0.15) is 11.5 Å². The van der Waals surface area contributed by atoms with Gasteiger partial charge in [0.2, 0.25) is 0 Å². The first kappa shape index (κ1) is 18.8. The lowest BCUT2D eigenvalue weighted by atomic mass is 10.1. The Morgan fingerprint density at radius 3 is 2.52 bits per heavy atom. The van der Waals surface area contributed by atoms with Crippen molar-refractivity contribution in [1.82, 2.24) is 20.1 Å². The highest BCUT2D eigenvalue weighted by molar-refractivity contribution is 6.30. The fourth-order valence-corrected chi connectivity index (χ4v) is 2.99. The highest BCUT2D eigenvalue weighted by Gasteiger charge is 2.17. The summed E-state index contributed by atoms with van der Waals surface area (Å²) in [6, 6.07) is 18.4. The van der Waals surface area contributed by atoms with Crippen LogP contribution in [0.2, 0.25) is 5.02 Å². The van der Waals surface area contributed by atoms with Crippen LogP contribution in [-0.4, -0.2) is 20.7 Å². The summed E-state index contributed by atoms with van der Waals surface area (Å²) in [5.41, 5.74) is 3.20. The number of rotatable bonds is 5. The van der Waals surface area contributed by atoms with Crippen molar-refractivity contribution < 1.29 is 9.18 Å². The van der Waals surface area contributed by atoms with E-state index in [2.05, 4.69) is 15.4 Å². The van der Waals surface area contributed by atoms with Crippen LogP contribution >= 0.6 is 11.6 Å². The Labute approximate surface area is 171 Å². The molecule has 2 aromatic heterocycles. The fraction of sp³-hybridized carbons (Fsp3) is 0.0455. The SMILES string of the molecule is O=C(NCc1cccnc1)c1cc(-c2ccc(F)cc2)nn1-c1ccc(Cl)cc1. The maximum absolute atomic E-state index is 13.3. The smallest absolute Gasteiger partial charge is 0.270 e. The third kappa shape index (κ3) is 4.33. The van der Waals surface area contributed by atoms with Crippen molar-refractivity contribution in [3.63, 3.8) is 0 Å². The molecule has 0 atom stereocenters. The van der Waals surface area contributed by atoms with Crippen LogP contribution in [0.3, 0.4) is 0 Å². The van der Waals surface area contributed by atoms with Crippen molar-refractivity contribution in [3.05, 3.63) is 101 Å². The molecule has 4 rings (SSSR count). The molecule has 0 radical (unpaired) electrons. The minimum absolute atomic E-state index is 0.287. The van der Waals surface area contributed by atoms with Crippen LogP contribution < -0.4 is 5.32 Å². The van der Waals surface area contributed by atoms with E-state index in [1.165, 1.54) is 12.1 Å². The Hall–Kier alpha value is -3.51. The number of hydrogen-bond donors (Lipinski definition) is 1. The average Bonchev–Trinajstić information content (AvgIpc) is 3.19. The monoisotopic (exact) mass is 406 g/mol. The number of carbonyl (C=O) groups is 1. The van der Waals surface area contributed by atoms with E-state index in [0.717, 1.165) is 5.56 Å². The minimum atomic E-state index is -0.333. The van der Waals surface area contributed by atoms with Crippen LogP contribution in [0.15, 0.2) is 79.1 Å². The standard InChI is InChI=1S/C22H16ClFN4O/c23-17-5-9-19(10-6-17)28-21(22(29)26-14-15-2-1-11-25-13-15)12-20(27-28)16-3-7-18(24)8-4-16/h1-13H,14H2,(H,26,29). The maximum atomic E-state index is 13.3. The Morgan fingerprint density at radius 2 is 1.83 bits per heavy atom. The first-order valence-corrected chi connectivity index (χ1v) is 9.27. The maximum Gasteiger partial charge on any atom is 0.270 e. The number of nitrogens with zero attached hydrogens (tertiary/aromatic N) is 3. The van der Waals surface area contributed by atoms with Gasteiger partial charge in [-0.1, -0.05) is 17.7 Å². The molecule has 2 heterocycles. The van der Waals surface area contributed by atoms with E-state index in [-0.39, 0.29) is 11.7 Å². The van der Waals surface area contributed by atoms with Gasteiger partial charge in [-0.25, -0.2) is 9.07 Å². The molecule has 2 aromatic carbocycles. The topological polar surface area (TPSA) is 59.8 Å². The van der Waals surface area contributed by atoms with Gasteiger partial charge < -0.3 is 5.32 Å². The van der Waals surface area contributed by atoms with Crippen molar-refractivity contribution in [2.24, 2.45) is 0 Å². The van der Waals surface area contributed by atoms with Crippen LogP contribution in [0.5, 0.6) is 0 Å². The van der Waals surface area contributed by atoms with Gasteiger partial charge in [-0.05, 0) is 66.2 Å². The number of halogens is 2. The lowest BCUT2D eigenvalue weighted by Crippen LogP contribution is -2.25. The molecule has 0 bridgehead atoms. The third-order valence-corrected chi connectivity index (χ3v) is 4.58. The molecule has 0 saturated carbocycles. The molecule has 0 fully saturated rings. The Balaban J connectivity index is 1.69. The van der Waals surface area contributed by atoms with Gasteiger partial charge in [0.15, 0.2) is 0 Å². The molecule has 0 aliphatic rings. The largest absolute Gasteiger partial charge is 0.347 e. The number of amides is 1. The molecular formula is C22H16ClFN4O. The first-order valence-electron chi connectivity index (χ1n) is 8.89. The number of carbonyl (C=O) groups excluding carboxylic acids is 1. The van der Waals surface area contributed by atoms with E-state index >= 15 is 0 Å². The molecule has 1 amide bonds. The lowest BCUT2D eigenvalue weighted by molar-refractivity contribution is 0.0943. The van der Waals surface area contributed by atoms with E-state index in [0.29, 0.717) is 34.2 Å². The van der Waals surface area contributed by atoms with Crippen LogP contribution in [0.1, 0.15) is 16.1 Å². The summed E-state index contributed by atoms with van der Waals surface area (Å²) in [5.74, 6) is -0.620. The third-order valence-electron chi connectivity index (χ3n) is 4.33. The Bertz CT molecular complexity index is 1130. The molecule has 0 unspecified atom stereocenters. The molecule has 0 aliphatic heterocycles. The van der Waals surface area contributed by atoms with E-state index in [1.807, 2.05) is 12.1 Å². The van der Waals surface area contributed by atoms with Crippen molar-refractivity contribution in [2.45, 2.75) is 6.54 Å². The van der Waals surface area contributed by atoms with Gasteiger partial charge >= 0.3 is 0 Å². The summed E-state index contributed by atoms with van der Waals surface area (Å²) in [5, 5.41) is 8.03. The Kier molecular flexibility index (Phi) is 5.35. The number of hydrogen-bond acceptors (Lipinski definition) is 3. The summed E-state index contributed by atoms with van der Waals surface area (Å²) in [6.45, 7) is 0.338. The quantitative estimate of drug-likeness (QED) is 0.524. The van der Waals surface area contributed by atoms with Gasteiger partial charge in [0.25, 0.3) is 5.91 Å². The highest BCUT2D eigenvalue weighted by atomic mass is 35.5. The second-order valence-corrected chi connectivity index (χ2v) is 6.79. The summed E-state index contributed by atoms with van der Waals surface area (Å²) < 4.78 is 14.8. The van der Waals surface area contributed by atoms with Gasteiger partial charge in [0.05, 0.1) is 11.4 Å². The van der Waals surface area contributed by atoms with E-state index in [4.69, 9.17) is 11.6 Å². The van der Waals surface area contributed by atoms with E-state index < -0.39 is 0 Å². The zero-order chi connectivity index (χ0) is 20.2. The molecule has 0 aliphatic carbocycles. The minimum Gasteiger partial charge on any atom is -0.347 e. The van der Waals surface area contributed by atoms with Crippen molar-refractivity contribution in [3.8, 4) is 16.9 Å². The molecule has 7 heteroatoms. The first-order chi connectivity index (χ1) is 14.1. The van der Waals surface area contributed by atoms with Crippen LogP contribution in [0, 0.1) is 5.82 Å². The average molecular weight is 407 g/mol. The lowest BCUT2D eigenvalue weighted by Gasteiger charge is -2.08. The van der Waals surface area contributed by atoms with Crippen molar-refractivity contribution in [1.29, 1.82) is 0 Å². The zero-order valence-corrected chi connectivity index (χ0v) is 16.0. The van der Waals surface area contributed by atoms with Gasteiger partial charge in [-0.2, -0.15) is 5.10 Å². The fourth-order valence-electron chi connectivity index (χ4n) is 2.86. The summed E-state index contributed by atoms with van der Waals surface area (Å²) in [7, 11) is 0. The summed E-state index contributed by atoms with van der Waals surface area (Å²) >= 11 is 5.98. The van der Waals surface area contributed by atoms with E-state index in [9.17, 15) is 9.18 Å². The van der Waals surface area contributed by atoms with Crippen molar-refractivity contribution >= 4 is 17.5 Å². The molecule has 1 N–H and O–H groups in total.